The maximum atomic E-state index is 5.45. The molecule has 2 rings (SSSR count). The molecular formula is C12H18NOP. The highest BCUT2D eigenvalue weighted by atomic mass is 31.0. The van der Waals surface area contributed by atoms with E-state index in [9.17, 15) is 0 Å². The van der Waals surface area contributed by atoms with Crippen LogP contribution in [0.5, 0.6) is 0 Å². The molecule has 82 valence electrons. The van der Waals surface area contributed by atoms with Gasteiger partial charge in [0.2, 0.25) is 0 Å². The van der Waals surface area contributed by atoms with Crippen LogP contribution >= 0.6 is 9.47 Å². The van der Waals surface area contributed by atoms with Gasteiger partial charge in [0, 0.05) is 15.7 Å². The minimum Gasteiger partial charge on any atom is -0.356 e. The second-order valence-corrected chi connectivity index (χ2v) is 4.72. The Kier molecular flexibility index (Phi) is 3.38. The van der Waals surface area contributed by atoms with Crippen molar-refractivity contribution in [2.75, 3.05) is 0 Å². The summed E-state index contributed by atoms with van der Waals surface area (Å²) in [6.07, 6.45) is 4.28. The third kappa shape index (κ3) is 2.07. The zero-order valence-corrected chi connectivity index (χ0v) is 10.5. The first-order valence-electron chi connectivity index (χ1n) is 5.54. The van der Waals surface area contributed by atoms with Crippen molar-refractivity contribution in [3.05, 3.63) is 29.6 Å². The number of nitrogens with zero attached hydrogens (tertiary/aromatic N) is 1. The molecule has 0 aromatic carbocycles. The maximum Gasteiger partial charge on any atom is 0.103 e. The van der Waals surface area contributed by atoms with Gasteiger partial charge in [-0.25, -0.2) is 0 Å². The minimum absolute atomic E-state index is 0.151. The van der Waals surface area contributed by atoms with E-state index >= 15 is 0 Å². The van der Waals surface area contributed by atoms with Crippen LogP contribution in [0.1, 0.15) is 50.0 Å². The molecule has 0 aliphatic heterocycles. The van der Waals surface area contributed by atoms with Crippen molar-refractivity contribution in [2.24, 2.45) is 5.92 Å². The van der Waals surface area contributed by atoms with Gasteiger partial charge >= 0.3 is 0 Å². The van der Waals surface area contributed by atoms with Crippen LogP contribution < -0.4 is 0 Å². The first kappa shape index (κ1) is 11.0. The molecule has 0 spiro atoms. The van der Waals surface area contributed by atoms with Crippen LogP contribution in [-0.4, -0.2) is 4.98 Å². The smallest absolute Gasteiger partial charge is 0.103 e. The van der Waals surface area contributed by atoms with Crippen molar-refractivity contribution in [2.45, 2.75) is 38.7 Å². The van der Waals surface area contributed by atoms with Crippen LogP contribution in [-0.2, 0) is 4.52 Å². The first-order chi connectivity index (χ1) is 7.24. The summed E-state index contributed by atoms with van der Waals surface area (Å²) in [5.74, 6) is 1.29. The van der Waals surface area contributed by atoms with Gasteiger partial charge in [0.05, 0.1) is 5.69 Å². The van der Waals surface area contributed by atoms with Crippen LogP contribution in [0.4, 0.5) is 0 Å². The molecule has 1 aliphatic carbocycles. The van der Waals surface area contributed by atoms with Crippen molar-refractivity contribution >= 4 is 9.47 Å². The van der Waals surface area contributed by atoms with Gasteiger partial charge in [0.1, 0.15) is 6.10 Å². The van der Waals surface area contributed by atoms with Gasteiger partial charge in [-0.05, 0) is 36.3 Å². The molecule has 3 heteroatoms. The van der Waals surface area contributed by atoms with Crippen LogP contribution in [0.25, 0.3) is 0 Å². The molecule has 4 unspecified atom stereocenters. The lowest BCUT2D eigenvalue weighted by molar-refractivity contribution is 0.219. The third-order valence-electron chi connectivity index (χ3n) is 3.57. The van der Waals surface area contributed by atoms with E-state index in [0.29, 0.717) is 11.8 Å². The lowest BCUT2D eigenvalue weighted by atomic mass is 9.88. The lowest BCUT2D eigenvalue weighted by Crippen LogP contribution is -2.06. The van der Waals surface area contributed by atoms with E-state index in [-0.39, 0.29) is 6.10 Å². The van der Waals surface area contributed by atoms with Gasteiger partial charge in [-0.15, -0.1) is 0 Å². The average molecular weight is 223 g/mol. The van der Waals surface area contributed by atoms with Crippen molar-refractivity contribution in [1.82, 2.24) is 4.98 Å². The molecule has 1 aromatic heterocycles. The zero-order chi connectivity index (χ0) is 10.8. The molecule has 0 fully saturated rings. The summed E-state index contributed by atoms with van der Waals surface area (Å²) in [4.78, 5) is 4.48. The molecule has 15 heavy (non-hydrogen) atoms. The largest absolute Gasteiger partial charge is 0.356 e. The molecule has 1 aliphatic rings. The molecule has 2 nitrogen and oxygen atoms in total. The monoisotopic (exact) mass is 223 g/mol. The number of hydrogen-bond acceptors (Lipinski definition) is 2. The van der Waals surface area contributed by atoms with Crippen LogP contribution in [0, 0.1) is 5.92 Å². The Morgan fingerprint density at radius 2 is 2.20 bits per heavy atom. The minimum atomic E-state index is 0.151. The fourth-order valence-electron chi connectivity index (χ4n) is 2.32. The number of pyridine rings is 1. The molecule has 0 amide bonds. The Hall–Kier alpha value is -0.460. The fourth-order valence-corrected chi connectivity index (χ4v) is 2.59. The SMILES string of the molecule is CC1CCC(OP)c2ncccc2C1C. The Morgan fingerprint density at radius 3 is 2.93 bits per heavy atom. The lowest BCUT2D eigenvalue weighted by Gasteiger charge is -2.18. The average Bonchev–Trinajstić information content (AvgIpc) is 2.39. The summed E-state index contributed by atoms with van der Waals surface area (Å²) in [7, 11) is 2.37. The van der Waals surface area contributed by atoms with Crippen LogP contribution in [0.3, 0.4) is 0 Å². The van der Waals surface area contributed by atoms with Crippen molar-refractivity contribution < 1.29 is 4.52 Å². The highest BCUT2D eigenvalue weighted by Gasteiger charge is 2.27. The predicted octanol–water partition coefficient (Wildman–Crippen LogP) is 3.46. The van der Waals surface area contributed by atoms with E-state index in [2.05, 4.69) is 34.4 Å². The summed E-state index contributed by atoms with van der Waals surface area (Å²) in [5.41, 5.74) is 2.49. The standard InChI is InChI=1S/C12H18NOP/c1-8-5-6-11(14-15)12-10(9(8)2)4-3-7-13-12/h3-4,7-9,11H,5-6,15H2,1-2H3. The Bertz CT molecular complexity index is 327. The van der Waals surface area contributed by atoms with E-state index in [1.54, 1.807) is 0 Å². The second-order valence-electron chi connectivity index (χ2n) is 4.45. The van der Waals surface area contributed by atoms with E-state index in [1.807, 2.05) is 12.3 Å². The highest BCUT2D eigenvalue weighted by molar-refractivity contribution is 7.09. The fraction of sp³-hybridized carbons (Fsp3) is 0.583. The van der Waals surface area contributed by atoms with Gasteiger partial charge in [0.25, 0.3) is 0 Å². The Balaban J connectivity index is 2.44. The normalized spacial score (nSPS) is 30.7. The number of aromatic nitrogens is 1. The van der Waals surface area contributed by atoms with E-state index in [4.69, 9.17) is 4.52 Å². The molecule has 0 radical (unpaired) electrons. The summed E-state index contributed by atoms with van der Waals surface area (Å²) >= 11 is 0. The number of rotatable bonds is 1. The molecule has 1 heterocycles. The Labute approximate surface area is 93.7 Å². The molecule has 1 aromatic rings. The Morgan fingerprint density at radius 1 is 1.40 bits per heavy atom. The van der Waals surface area contributed by atoms with Crippen LogP contribution in [0.15, 0.2) is 18.3 Å². The number of hydrogen-bond donors (Lipinski definition) is 0. The molecule has 0 N–H and O–H groups in total. The van der Waals surface area contributed by atoms with Gasteiger partial charge in [-0.3, -0.25) is 4.98 Å². The predicted molar refractivity (Wildman–Crippen MR) is 64.6 cm³/mol. The summed E-state index contributed by atoms with van der Waals surface area (Å²) in [6, 6.07) is 4.21. The van der Waals surface area contributed by atoms with E-state index in [1.165, 1.54) is 12.0 Å². The molecule has 0 saturated carbocycles. The molecular weight excluding hydrogens is 205 g/mol. The summed E-state index contributed by atoms with van der Waals surface area (Å²) in [5, 5.41) is 0. The van der Waals surface area contributed by atoms with E-state index in [0.717, 1.165) is 12.1 Å². The van der Waals surface area contributed by atoms with Gasteiger partial charge in [0.15, 0.2) is 0 Å². The summed E-state index contributed by atoms with van der Waals surface area (Å²) < 4.78 is 5.45. The highest BCUT2D eigenvalue weighted by Crippen LogP contribution is 2.39. The second kappa shape index (κ2) is 4.59. The van der Waals surface area contributed by atoms with Crippen molar-refractivity contribution in [1.29, 1.82) is 0 Å². The first-order valence-corrected chi connectivity index (χ1v) is 6.01. The van der Waals surface area contributed by atoms with Crippen LogP contribution in [0.2, 0.25) is 0 Å². The van der Waals surface area contributed by atoms with Crippen molar-refractivity contribution in [3.8, 4) is 0 Å². The maximum absolute atomic E-state index is 5.45. The summed E-state index contributed by atoms with van der Waals surface area (Å²) in [6.45, 7) is 4.60. The topological polar surface area (TPSA) is 22.1 Å². The zero-order valence-electron chi connectivity index (χ0n) is 9.31. The third-order valence-corrected chi connectivity index (χ3v) is 3.90. The quantitative estimate of drug-likeness (QED) is 0.537. The number of fused-ring (bicyclic) bond motifs is 1. The van der Waals surface area contributed by atoms with Gasteiger partial charge in [-0.1, -0.05) is 19.9 Å². The van der Waals surface area contributed by atoms with Crippen molar-refractivity contribution in [3.63, 3.8) is 0 Å². The van der Waals surface area contributed by atoms with Gasteiger partial charge < -0.3 is 4.52 Å². The molecule has 0 saturated heterocycles. The molecule has 0 bridgehead atoms. The van der Waals surface area contributed by atoms with Gasteiger partial charge in [-0.2, -0.15) is 0 Å². The molecule has 4 atom stereocenters. The van der Waals surface area contributed by atoms with E-state index < -0.39 is 0 Å².